The molecule has 0 heterocycles. The standard InChI is InChI=1S/C17H34N2O2/c1-11(2)15(19-12(3)4)14(20)9-13(5)16(21)18-10-17(6,7)8/h11-13,15,19H,9-10H2,1-8H3,(H,18,21)/t13-,15+/m1/s1. The van der Waals surface area contributed by atoms with E-state index >= 15 is 0 Å². The van der Waals surface area contributed by atoms with Crippen molar-refractivity contribution in [3.8, 4) is 0 Å². The highest BCUT2D eigenvalue weighted by atomic mass is 16.2. The van der Waals surface area contributed by atoms with Gasteiger partial charge in [0.25, 0.3) is 0 Å². The molecule has 0 aliphatic rings. The van der Waals surface area contributed by atoms with E-state index in [1.807, 2.05) is 34.6 Å². The second kappa shape index (κ2) is 8.52. The van der Waals surface area contributed by atoms with Gasteiger partial charge in [-0.25, -0.2) is 0 Å². The number of rotatable bonds is 8. The highest BCUT2D eigenvalue weighted by molar-refractivity contribution is 5.89. The van der Waals surface area contributed by atoms with Crippen molar-refractivity contribution in [2.45, 2.75) is 73.9 Å². The first kappa shape index (κ1) is 20.1. The summed E-state index contributed by atoms with van der Waals surface area (Å²) >= 11 is 0. The molecule has 0 saturated carbocycles. The minimum Gasteiger partial charge on any atom is -0.355 e. The van der Waals surface area contributed by atoms with Crippen LogP contribution < -0.4 is 10.6 Å². The Morgan fingerprint density at radius 3 is 1.90 bits per heavy atom. The van der Waals surface area contributed by atoms with E-state index in [2.05, 4.69) is 31.4 Å². The van der Waals surface area contributed by atoms with E-state index < -0.39 is 0 Å². The van der Waals surface area contributed by atoms with Crippen molar-refractivity contribution >= 4 is 11.7 Å². The Kier molecular flexibility index (Phi) is 8.16. The quantitative estimate of drug-likeness (QED) is 0.724. The van der Waals surface area contributed by atoms with Gasteiger partial charge in [-0.1, -0.05) is 55.4 Å². The lowest BCUT2D eigenvalue weighted by molar-refractivity contribution is -0.130. The molecule has 0 unspecified atom stereocenters. The summed E-state index contributed by atoms with van der Waals surface area (Å²) in [6, 6.07) is 0.0780. The van der Waals surface area contributed by atoms with Gasteiger partial charge in [0.1, 0.15) is 0 Å². The van der Waals surface area contributed by atoms with E-state index in [9.17, 15) is 9.59 Å². The van der Waals surface area contributed by atoms with E-state index in [-0.39, 0.29) is 41.0 Å². The molecule has 0 aliphatic carbocycles. The molecule has 0 saturated heterocycles. The van der Waals surface area contributed by atoms with Crippen molar-refractivity contribution in [1.82, 2.24) is 10.6 Å². The molecule has 0 fully saturated rings. The Labute approximate surface area is 130 Å². The lowest BCUT2D eigenvalue weighted by Gasteiger charge is -2.25. The van der Waals surface area contributed by atoms with Gasteiger partial charge in [-0.3, -0.25) is 9.59 Å². The summed E-state index contributed by atoms with van der Waals surface area (Å²) < 4.78 is 0. The predicted molar refractivity (Wildman–Crippen MR) is 88.2 cm³/mol. The monoisotopic (exact) mass is 298 g/mol. The van der Waals surface area contributed by atoms with Crippen molar-refractivity contribution in [3.05, 3.63) is 0 Å². The molecule has 0 rings (SSSR count). The van der Waals surface area contributed by atoms with Gasteiger partial charge in [0.2, 0.25) is 5.91 Å². The summed E-state index contributed by atoms with van der Waals surface area (Å²) in [5, 5.41) is 6.22. The predicted octanol–water partition coefficient (Wildman–Crippen LogP) is 2.77. The molecule has 2 atom stereocenters. The fourth-order valence-corrected chi connectivity index (χ4v) is 2.06. The third-order valence-corrected chi connectivity index (χ3v) is 3.27. The number of hydrogen-bond acceptors (Lipinski definition) is 3. The molecule has 0 spiro atoms. The molecular formula is C17H34N2O2. The lowest BCUT2D eigenvalue weighted by Crippen LogP contribution is -2.46. The first-order valence-electron chi connectivity index (χ1n) is 8.00. The number of ketones is 1. The maximum atomic E-state index is 12.4. The average molecular weight is 298 g/mol. The average Bonchev–Trinajstić information content (AvgIpc) is 2.31. The molecule has 0 aromatic rings. The van der Waals surface area contributed by atoms with Crippen LogP contribution in [0.2, 0.25) is 0 Å². The summed E-state index contributed by atoms with van der Waals surface area (Å²) in [5.41, 5.74) is 0.0546. The minimum atomic E-state index is -0.282. The number of carbonyl (C=O) groups excluding carboxylic acids is 2. The smallest absolute Gasteiger partial charge is 0.223 e. The molecular weight excluding hydrogens is 264 g/mol. The minimum absolute atomic E-state index is 0.0367. The zero-order valence-electron chi connectivity index (χ0n) is 15.0. The number of carbonyl (C=O) groups is 2. The molecule has 0 aromatic heterocycles. The fraction of sp³-hybridized carbons (Fsp3) is 0.882. The highest BCUT2D eigenvalue weighted by Crippen LogP contribution is 2.14. The Morgan fingerprint density at radius 2 is 1.52 bits per heavy atom. The van der Waals surface area contributed by atoms with Crippen LogP contribution in [0.1, 0.15) is 61.8 Å². The van der Waals surface area contributed by atoms with Crippen LogP contribution in [0.15, 0.2) is 0 Å². The van der Waals surface area contributed by atoms with Crippen LogP contribution in [0.4, 0.5) is 0 Å². The van der Waals surface area contributed by atoms with Gasteiger partial charge in [0, 0.05) is 24.9 Å². The maximum Gasteiger partial charge on any atom is 0.223 e. The van der Waals surface area contributed by atoms with Gasteiger partial charge in [-0.15, -0.1) is 0 Å². The molecule has 21 heavy (non-hydrogen) atoms. The van der Waals surface area contributed by atoms with Crippen LogP contribution in [0.5, 0.6) is 0 Å². The summed E-state index contributed by atoms with van der Waals surface area (Å²) in [6.45, 7) is 16.8. The maximum absolute atomic E-state index is 12.4. The second-order valence-corrected chi connectivity index (χ2v) is 7.89. The van der Waals surface area contributed by atoms with Crippen molar-refractivity contribution in [2.24, 2.45) is 17.3 Å². The number of nitrogens with one attached hydrogen (secondary N) is 2. The zero-order valence-corrected chi connectivity index (χ0v) is 15.0. The number of amides is 1. The van der Waals surface area contributed by atoms with Crippen LogP contribution >= 0.6 is 0 Å². The summed E-state index contributed by atoms with van der Waals surface area (Å²) in [5.74, 6) is 0.0298. The van der Waals surface area contributed by atoms with Gasteiger partial charge in [0.05, 0.1) is 6.04 Å². The van der Waals surface area contributed by atoms with Gasteiger partial charge in [0.15, 0.2) is 5.78 Å². The van der Waals surface area contributed by atoms with Crippen LogP contribution in [-0.2, 0) is 9.59 Å². The molecule has 0 bridgehead atoms. The van der Waals surface area contributed by atoms with Crippen molar-refractivity contribution < 1.29 is 9.59 Å². The van der Waals surface area contributed by atoms with Gasteiger partial charge < -0.3 is 10.6 Å². The van der Waals surface area contributed by atoms with Crippen molar-refractivity contribution in [1.29, 1.82) is 0 Å². The Bertz CT molecular complexity index is 343. The fourth-order valence-electron chi connectivity index (χ4n) is 2.06. The molecule has 2 N–H and O–H groups in total. The molecule has 0 radical (unpaired) electrons. The summed E-state index contributed by atoms with van der Waals surface area (Å²) in [7, 11) is 0. The van der Waals surface area contributed by atoms with Crippen molar-refractivity contribution in [2.75, 3.05) is 6.54 Å². The number of hydrogen-bond donors (Lipinski definition) is 2. The topological polar surface area (TPSA) is 58.2 Å². The van der Waals surface area contributed by atoms with Crippen LogP contribution in [-0.4, -0.2) is 30.3 Å². The van der Waals surface area contributed by atoms with Crippen LogP contribution in [0.25, 0.3) is 0 Å². The van der Waals surface area contributed by atoms with E-state index in [4.69, 9.17) is 0 Å². The normalized spacial score (nSPS) is 15.1. The molecule has 4 heteroatoms. The molecule has 4 nitrogen and oxygen atoms in total. The molecule has 0 aliphatic heterocycles. The van der Waals surface area contributed by atoms with Gasteiger partial charge in [-0.2, -0.15) is 0 Å². The first-order chi connectivity index (χ1) is 9.44. The SMILES string of the molecule is CC(C)N[C@H](C(=O)C[C@@H](C)C(=O)NCC(C)(C)C)C(C)C. The van der Waals surface area contributed by atoms with Crippen molar-refractivity contribution in [3.63, 3.8) is 0 Å². The lowest BCUT2D eigenvalue weighted by atomic mass is 9.92. The molecule has 0 aromatic carbocycles. The first-order valence-corrected chi connectivity index (χ1v) is 8.00. The summed E-state index contributed by atoms with van der Waals surface area (Å²) in [4.78, 5) is 24.4. The van der Waals surface area contributed by atoms with E-state index in [1.54, 1.807) is 0 Å². The van der Waals surface area contributed by atoms with Crippen LogP contribution in [0, 0.1) is 17.3 Å². The third-order valence-electron chi connectivity index (χ3n) is 3.27. The largest absolute Gasteiger partial charge is 0.355 e. The van der Waals surface area contributed by atoms with Gasteiger partial charge >= 0.3 is 0 Å². The Balaban J connectivity index is 4.49. The molecule has 124 valence electrons. The zero-order chi connectivity index (χ0) is 16.8. The third kappa shape index (κ3) is 8.86. The Morgan fingerprint density at radius 1 is 1.00 bits per heavy atom. The second-order valence-electron chi connectivity index (χ2n) is 7.89. The Hall–Kier alpha value is -0.900. The number of Topliss-reactive ketones (excluding diaryl/α,β-unsaturated/α-hetero) is 1. The molecule has 1 amide bonds. The highest BCUT2D eigenvalue weighted by Gasteiger charge is 2.26. The van der Waals surface area contributed by atoms with Crippen LogP contribution in [0.3, 0.4) is 0 Å². The van der Waals surface area contributed by atoms with E-state index in [0.29, 0.717) is 13.0 Å². The summed E-state index contributed by atoms with van der Waals surface area (Å²) in [6.07, 6.45) is 0.290. The van der Waals surface area contributed by atoms with Gasteiger partial charge in [-0.05, 0) is 11.3 Å². The van der Waals surface area contributed by atoms with E-state index in [1.165, 1.54) is 0 Å². The van der Waals surface area contributed by atoms with E-state index in [0.717, 1.165) is 0 Å².